The number of aryl methyl sites for hydroxylation is 2. The van der Waals surface area contributed by atoms with E-state index in [9.17, 15) is 0 Å². The monoisotopic (exact) mass is 435 g/mol. The Hall–Kier alpha value is -2.40. The molecule has 2 heterocycles. The molecule has 0 unspecified atom stereocenters. The molecule has 1 aliphatic rings. The first-order valence-electron chi connectivity index (χ1n) is 11.0. The van der Waals surface area contributed by atoms with Crippen molar-refractivity contribution in [3.63, 3.8) is 0 Å². The van der Waals surface area contributed by atoms with E-state index in [1.165, 1.54) is 22.4 Å². The van der Waals surface area contributed by atoms with Gasteiger partial charge in [0.15, 0.2) is 0 Å². The molecule has 1 fully saturated rings. The van der Waals surface area contributed by atoms with E-state index in [2.05, 4.69) is 59.4 Å². The van der Waals surface area contributed by atoms with Crippen LogP contribution >= 0.6 is 11.6 Å². The van der Waals surface area contributed by atoms with E-state index in [4.69, 9.17) is 16.3 Å². The number of ether oxygens (including phenoxy) is 1. The van der Waals surface area contributed by atoms with Gasteiger partial charge in [0.1, 0.15) is 5.15 Å². The van der Waals surface area contributed by atoms with Gasteiger partial charge >= 0.3 is 0 Å². The van der Waals surface area contributed by atoms with Crippen LogP contribution in [0, 0.1) is 6.92 Å². The summed E-state index contributed by atoms with van der Waals surface area (Å²) in [5, 5.41) is 3.94. The number of hydrogen-bond acceptors (Lipinski definition) is 4. The van der Waals surface area contributed by atoms with Crippen LogP contribution in [0.25, 0.3) is 11.1 Å². The summed E-state index contributed by atoms with van der Waals surface area (Å²) in [4.78, 5) is 6.78. The predicted molar refractivity (Wildman–Crippen MR) is 129 cm³/mol. The van der Waals surface area contributed by atoms with Crippen LogP contribution in [0.2, 0.25) is 5.15 Å². The normalized spacial score (nSPS) is 14.1. The van der Waals surface area contributed by atoms with E-state index in [-0.39, 0.29) is 0 Å². The second kappa shape index (κ2) is 10.3. The van der Waals surface area contributed by atoms with Crippen molar-refractivity contribution in [3.8, 4) is 11.1 Å². The number of piperazine rings is 1. The minimum absolute atomic E-state index is 0.493. The van der Waals surface area contributed by atoms with Gasteiger partial charge in [-0.3, -0.25) is 0 Å². The van der Waals surface area contributed by atoms with Crippen LogP contribution in [0.1, 0.15) is 29.2 Å². The molecule has 1 aromatic heterocycles. The first-order chi connectivity index (χ1) is 15.2. The fraction of sp³-hybridized carbons (Fsp3) is 0.346. The lowest BCUT2D eigenvalue weighted by Crippen LogP contribution is -2.43. The number of nitrogens with zero attached hydrogens (tertiary/aromatic N) is 2. The highest BCUT2D eigenvalue weighted by atomic mass is 35.5. The number of halogens is 1. The number of rotatable bonds is 7. The second-order valence-electron chi connectivity index (χ2n) is 8.00. The largest absolute Gasteiger partial charge is 0.372 e. The van der Waals surface area contributed by atoms with E-state index < -0.39 is 0 Å². The molecule has 0 spiro atoms. The van der Waals surface area contributed by atoms with Gasteiger partial charge in [0.2, 0.25) is 0 Å². The lowest BCUT2D eigenvalue weighted by molar-refractivity contribution is 0.107. The SMILES string of the molecule is CCc1cc(COCc2ccnc(Cl)c2-c2ccccc2C)ccc1N1CCNCC1. The van der Waals surface area contributed by atoms with Gasteiger partial charge < -0.3 is 15.0 Å². The van der Waals surface area contributed by atoms with Crippen molar-refractivity contribution in [1.29, 1.82) is 0 Å². The minimum Gasteiger partial charge on any atom is -0.372 e. The van der Waals surface area contributed by atoms with Crippen molar-refractivity contribution in [3.05, 3.63) is 82.1 Å². The maximum Gasteiger partial charge on any atom is 0.137 e. The third-order valence-electron chi connectivity index (χ3n) is 5.91. The molecule has 1 saturated heterocycles. The molecule has 0 aliphatic carbocycles. The van der Waals surface area contributed by atoms with Crippen LogP contribution in [0.4, 0.5) is 5.69 Å². The predicted octanol–water partition coefficient (Wildman–Crippen LogP) is 5.40. The fourth-order valence-electron chi connectivity index (χ4n) is 4.24. The third kappa shape index (κ3) is 5.09. The number of hydrogen-bond donors (Lipinski definition) is 1. The molecule has 3 aromatic rings. The summed E-state index contributed by atoms with van der Waals surface area (Å²) in [5.41, 5.74) is 8.25. The smallest absolute Gasteiger partial charge is 0.137 e. The lowest BCUT2D eigenvalue weighted by atomic mass is 9.98. The van der Waals surface area contributed by atoms with E-state index in [0.717, 1.165) is 49.3 Å². The number of pyridine rings is 1. The standard InChI is InChI=1S/C26H30ClN3O/c1-3-21-16-20(8-9-24(21)30-14-12-28-13-15-30)17-31-18-22-10-11-29-26(27)25(22)23-7-5-4-6-19(23)2/h4-11,16,28H,3,12-15,17-18H2,1-2H3. The maximum absolute atomic E-state index is 6.49. The quantitative estimate of drug-likeness (QED) is 0.504. The van der Waals surface area contributed by atoms with Crippen molar-refractivity contribution in [2.75, 3.05) is 31.1 Å². The van der Waals surface area contributed by atoms with Crippen molar-refractivity contribution < 1.29 is 4.74 Å². The van der Waals surface area contributed by atoms with Gasteiger partial charge in [-0.05, 0) is 53.3 Å². The summed E-state index contributed by atoms with van der Waals surface area (Å²) >= 11 is 6.49. The molecule has 0 amide bonds. The molecule has 1 N–H and O–H groups in total. The Morgan fingerprint density at radius 2 is 1.84 bits per heavy atom. The molecule has 31 heavy (non-hydrogen) atoms. The molecule has 4 nitrogen and oxygen atoms in total. The van der Waals surface area contributed by atoms with E-state index in [0.29, 0.717) is 18.4 Å². The molecule has 2 aromatic carbocycles. The van der Waals surface area contributed by atoms with E-state index in [1.807, 2.05) is 18.2 Å². The second-order valence-corrected chi connectivity index (χ2v) is 8.36. The Balaban J connectivity index is 1.48. The van der Waals surface area contributed by atoms with Crippen molar-refractivity contribution in [2.24, 2.45) is 0 Å². The van der Waals surface area contributed by atoms with Crippen molar-refractivity contribution in [1.82, 2.24) is 10.3 Å². The minimum atomic E-state index is 0.493. The van der Waals surface area contributed by atoms with E-state index in [1.54, 1.807) is 6.20 Å². The molecule has 0 bridgehead atoms. The molecular formula is C26H30ClN3O. The van der Waals surface area contributed by atoms with Gasteiger partial charge in [-0.25, -0.2) is 4.98 Å². The number of aromatic nitrogens is 1. The van der Waals surface area contributed by atoms with Crippen LogP contribution < -0.4 is 10.2 Å². The molecule has 0 radical (unpaired) electrons. The van der Waals surface area contributed by atoms with Crippen molar-refractivity contribution in [2.45, 2.75) is 33.5 Å². The van der Waals surface area contributed by atoms with Crippen LogP contribution in [0.5, 0.6) is 0 Å². The Morgan fingerprint density at radius 3 is 2.61 bits per heavy atom. The number of benzene rings is 2. The van der Waals surface area contributed by atoms with Crippen LogP contribution in [-0.4, -0.2) is 31.2 Å². The molecule has 0 saturated carbocycles. The summed E-state index contributed by atoms with van der Waals surface area (Å²) in [7, 11) is 0. The van der Waals surface area contributed by atoms with Gasteiger partial charge in [0.25, 0.3) is 0 Å². The molecular weight excluding hydrogens is 406 g/mol. The summed E-state index contributed by atoms with van der Waals surface area (Å²) < 4.78 is 6.14. The molecule has 1 aliphatic heterocycles. The average Bonchev–Trinajstić information content (AvgIpc) is 2.80. The highest BCUT2D eigenvalue weighted by Crippen LogP contribution is 2.32. The van der Waals surface area contributed by atoms with Gasteiger partial charge in [-0.1, -0.05) is 54.9 Å². The van der Waals surface area contributed by atoms with E-state index >= 15 is 0 Å². The Kier molecular flexibility index (Phi) is 7.23. The van der Waals surface area contributed by atoms with Gasteiger partial charge in [0, 0.05) is 43.6 Å². The summed E-state index contributed by atoms with van der Waals surface area (Å²) in [5.74, 6) is 0. The fourth-order valence-corrected chi connectivity index (χ4v) is 4.52. The maximum atomic E-state index is 6.49. The average molecular weight is 436 g/mol. The van der Waals surface area contributed by atoms with Crippen molar-refractivity contribution >= 4 is 17.3 Å². The summed E-state index contributed by atoms with van der Waals surface area (Å²) in [6, 6.07) is 17.0. The molecule has 5 heteroatoms. The number of nitrogens with one attached hydrogen (secondary N) is 1. The first-order valence-corrected chi connectivity index (χ1v) is 11.4. The highest BCUT2D eigenvalue weighted by molar-refractivity contribution is 6.32. The lowest BCUT2D eigenvalue weighted by Gasteiger charge is -2.31. The summed E-state index contributed by atoms with van der Waals surface area (Å²) in [6.45, 7) is 9.60. The third-order valence-corrected chi connectivity index (χ3v) is 6.20. The zero-order valence-corrected chi connectivity index (χ0v) is 19.1. The van der Waals surface area contributed by atoms with Gasteiger partial charge in [-0.2, -0.15) is 0 Å². The first kappa shape index (κ1) is 21.8. The van der Waals surface area contributed by atoms with Gasteiger partial charge in [0.05, 0.1) is 13.2 Å². The zero-order valence-electron chi connectivity index (χ0n) is 18.3. The van der Waals surface area contributed by atoms with Crippen LogP contribution in [0.3, 0.4) is 0 Å². The van der Waals surface area contributed by atoms with Crippen LogP contribution in [-0.2, 0) is 24.4 Å². The molecule has 162 valence electrons. The van der Waals surface area contributed by atoms with Crippen LogP contribution in [0.15, 0.2) is 54.7 Å². The number of anilines is 1. The Bertz CT molecular complexity index is 1030. The molecule has 4 rings (SSSR count). The Labute approximate surface area is 190 Å². The summed E-state index contributed by atoms with van der Waals surface area (Å²) in [6.07, 6.45) is 2.77. The highest BCUT2D eigenvalue weighted by Gasteiger charge is 2.15. The van der Waals surface area contributed by atoms with Gasteiger partial charge in [-0.15, -0.1) is 0 Å². The molecule has 0 atom stereocenters. The zero-order chi connectivity index (χ0) is 21.6. The Morgan fingerprint density at radius 1 is 1.03 bits per heavy atom. The topological polar surface area (TPSA) is 37.4 Å².